The average Bonchev–Trinajstić information content (AvgIpc) is 2.30. The molecule has 1 rings (SSSR count). The molecule has 3 N–H and O–H groups in total. The summed E-state index contributed by atoms with van der Waals surface area (Å²) in [5.41, 5.74) is 2.92. The maximum absolute atomic E-state index is 11.5. The van der Waals surface area contributed by atoms with Crippen molar-refractivity contribution in [2.75, 3.05) is 6.61 Å². The molecular weight excluding hydrogens is 192 g/mol. The second-order valence-electron chi connectivity index (χ2n) is 3.17. The number of nitrogens with one attached hydrogen (secondary N) is 1. The zero-order valence-corrected chi connectivity index (χ0v) is 8.77. The summed E-state index contributed by atoms with van der Waals surface area (Å²) in [6.45, 7) is 2.52. The molecule has 0 saturated carbocycles. The van der Waals surface area contributed by atoms with E-state index in [-0.39, 0.29) is 5.91 Å². The average molecular weight is 208 g/mol. The fourth-order valence-electron chi connectivity index (χ4n) is 1.26. The minimum absolute atomic E-state index is 0.324. The lowest BCUT2D eigenvalue weighted by atomic mass is 10.1. The lowest BCUT2D eigenvalue weighted by molar-refractivity contribution is -0.133. The second-order valence-corrected chi connectivity index (χ2v) is 3.17. The molecule has 0 aliphatic rings. The molecule has 1 amide bonds. The first-order valence-electron chi connectivity index (χ1n) is 4.96. The quantitative estimate of drug-likeness (QED) is 0.433. The summed E-state index contributed by atoms with van der Waals surface area (Å²) >= 11 is 0. The van der Waals surface area contributed by atoms with Gasteiger partial charge in [-0.1, -0.05) is 37.3 Å². The minimum Gasteiger partial charge on any atom is -0.364 e. The van der Waals surface area contributed by atoms with Crippen molar-refractivity contribution in [2.24, 2.45) is 5.84 Å². The van der Waals surface area contributed by atoms with Crippen LogP contribution in [0.3, 0.4) is 0 Å². The number of amides is 1. The van der Waals surface area contributed by atoms with Crippen LogP contribution in [0, 0.1) is 0 Å². The van der Waals surface area contributed by atoms with Gasteiger partial charge in [0.05, 0.1) is 0 Å². The molecule has 0 heterocycles. The van der Waals surface area contributed by atoms with E-state index < -0.39 is 6.10 Å². The van der Waals surface area contributed by atoms with E-state index in [0.717, 1.165) is 12.0 Å². The lowest BCUT2D eigenvalue weighted by Crippen LogP contribution is -2.36. The van der Waals surface area contributed by atoms with Crippen molar-refractivity contribution < 1.29 is 9.53 Å². The Morgan fingerprint density at radius 2 is 2.13 bits per heavy atom. The molecule has 0 spiro atoms. The SMILES string of the molecule is CCCOC(C(=O)NN)c1ccccc1. The van der Waals surface area contributed by atoms with E-state index in [1.807, 2.05) is 37.3 Å². The van der Waals surface area contributed by atoms with Gasteiger partial charge in [-0.3, -0.25) is 10.2 Å². The van der Waals surface area contributed by atoms with Crippen LogP contribution in [0.1, 0.15) is 25.0 Å². The van der Waals surface area contributed by atoms with Gasteiger partial charge in [-0.05, 0) is 12.0 Å². The van der Waals surface area contributed by atoms with Crippen LogP contribution in [0.5, 0.6) is 0 Å². The molecule has 1 aromatic rings. The van der Waals surface area contributed by atoms with Crippen molar-refractivity contribution in [2.45, 2.75) is 19.4 Å². The number of hydrogen-bond acceptors (Lipinski definition) is 3. The topological polar surface area (TPSA) is 64.3 Å². The lowest BCUT2D eigenvalue weighted by Gasteiger charge is -2.15. The first-order chi connectivity index (χ1) is 7.29. The molecule has 0 radical (unpaired) electrons. The van der Waals surface area contributed by atoms with Gasteiger partial charge >= 0.3 is 0 Å². The van der Waals surface area contributed by atoms with Gasteiger partial charge in [-0.15, -0.1) is 0 Å². The van der Waals surface area contributed by atoms with Gasteiger partial charge in [0, 0.05) is 6.61 Å². The Bertz CT molecular complexity index is 301. The van der Waals surface area contributed by atoms with Gasteiger partial charge in [-0.2, -0.15) is 0 Å². The molecule has 1 aromatic carbocycles. The maximum atomic E-state index is 11.5. The predicted octanol–water partition coefficient (Wildman–Crippen LogP) is 1.14. The number of nitrogens with two attached hydrogens (primary N) is 1. The normalized spacial score (nSPS) is 12.1. The fourth-order valence-corrected chi connectivity index (χ4v) is 1.26. The van der Waals surface area contributed by atoms with E-state index in [1.165, 1.54) is 0 Å². The van der Waals surface area contributed by atoms with Crippen LogP contribution in [0.2, 0.25) is 0 Å². The Morgan fingerprint density at radius 1 is 1.47 bits per heavy atom. The smallest absolute Gasteiger partial charge is 0.267 e. The van der Waals surface area contributed by atoms with E-state index in [9.17, 15) is 4.79 Å². The first-order valence-corrected chi connectivity index (χ1v) is 4.96. The Kier molecular flexibility index (Phi) is 4.80. The third kappa shape index (κ3) is 3.34. The molecule has 15 heavy (non-hydrogen) atoms. The summed E-state index contributed by atoms with van der Waals surface area (Å²) in [7, 11) is 0. The summed E-state index contributed by atoms with van der Waals surface area (Å²) in [5.74, 6) is 4.78. The maximum Gasteiger partial charge on any atom is 0.267 e. The molecule has 4 heteroatoms. The number of benzene rings is 1. The molecule has 1 unspecified atom stereocenters. The number of carbonyl (C=O) groups is 1. The van der Waals surface area contributed by atoms with Crippen LogP contribution < -0.4 is 11.3 Å². The highest BCUT2D eigenvalue weighted by Crippen LogP contribution is 2.17. The minimum atomic E-state index is -0.615. The molecule has 4 nitrogen and oxygen atoms in total. The Balaban J connectivity index is 2.76. The molecule has 0 fully saturated rings. The zero-order valence-electron chi connectivity index (χ0n) is 8.77. The standard InChI is InChI=1S/C11H16N2O2/c1-2-8-15-10(11(14)13-12)9-6-4-3-5-7-9/h3-7,10H,2,8,12H2,1H3,(H,13,14). The Hall–Kier alpha value is -1.39. The summed E-state index contributed by atoms with van der Waals surface area (Å²) in [6, 6.07) is 9.30. The van der Waals surface area contributed by atoms with Crippen molar-refractivity contribution in [3.05, 3.63) is 35.9 Å². The highest BCUT2D eigenvalue weighted by atomic mass is 16.5. The Labute approximate surface area is 89.4 Å². The first kappa shape index (κ1) is 11.7. The van der Waals surface area contributed by atoms with Gasteiger partial charge in [0.15, 0.2) is 6.10 Å². The summed E-state index contributed by atoms with van der Waals surface area (Å²) in [6.07, 6.45) is 0.248. The molecule has 0 aliphatic heterocycles. The summed E-state index contributed by atoms with van der Waals surface area (Å²) in [5, 5.41) is 0. The fraction of sp³-hybridized carbons (Fsp3) is 0.364. The van der Waals surface area contributed by atoms with Crippen LogP contribution in [-0.4, -0.2) is 12.5 Å². The molecule has 0 saturated heterocycles. The highest BCUT2D eigenvalue weighted by Gasteiger charge is 2.19. The third-order valence-electron chi connectivity index (χ3n) is 1.97. The molecular formula is C11H16N2O2. The molecule has 0 bridgehead atoms. The number of hydrazine groups is 1. The molecule has 82 valence electrons. The van der Waals surface area contributed by atoms with Gasteiger partial charge in [0.1, 0.15) is 0 Å². The van der Waals surface area contributed by atoms with E-state index in [1.54, 1.807) is 0 Å². The van der Waals surface area contributed by atoms with Crippen LogP contribution in [0.15, 0.2) is 30.3 Å². The Morgan fingerprint density at radius 3 is 2.67 bits per heavy atom. The number of hydrogen-bond donors (Lipinski definition) is 2. The second kappa shape index (κ2) is 6.16. The number of rotatable bonds is 5. The molecule has 1 atom stereocenters. The van der Waals surface area contributed by atoms with Gasteiger partial charge in [0.25, 0.3) is 5.91 Å². The van der Waals surface area contributed by atoms with Crippen molar-refractivity contribution in [1.29, 1.82) is 0 Å². The summed E-state index contributed by atoms with van der Waals surface area (Å²) < 4.78 is 5.44. The molecule has 0 aromatic heterocycles. The van der Waals surface area contributed by atoms with Gasteiger partial charge < -0.3 is 4.74 Å². The van der Waals surface area contributed by atoms with Gasteiger partial charge in [-0.25, -0.2) is 5.84 Å². The monoisotopic (exact) mass is 208 g/mol. The van der Waals surface area contributed by atoms with Crippen LogP contribution in [-0.2, 0) is 9.53 Å². The van der Waals surface area contributed by atoms with E-state index in [0.29, 0.717) is 6.61 Å². The van der Waals surface area contributed by atoms with Crippen molar-refractivity contribution in [1.82, 2.24) is 5.43 Å². The van der Waals surface area contributed by atoms with Gasteiger partial charge in [0.2, 0.25) is 0 Å². The number of ether oxygens (including phenoxy) is 1. The van der Waals surface area contributed by atoms with Crippen molar-refractivity contribution in [3.8, 4) is 0 Å². The molecule has 0 aliphatic carbocycles. The van der Waals surface area contributed by atoms with Crippen molar-refractivity contribution in [3.63, 3.8) is 0 Å². The third-order valence-corrected chi connectivity index (χ3v) is 1.97. The van der Waals surface area contributed by atoms with E-state index in [2.05, 4.69) is 5.43 Å². The zero-order chi connectivity index (χ0) is 11.1. The van der Waals surface area contributed by atoms with Crippen LogP contribution >= 0.6 is 0 Å². The highest BCUT2D eigenvalue weighted by molar-refractivity contribution is 5.81. The van der Waals surface area contributed by atoms with Crippen LogP contribution in [0.4, 0.5) is 0 Å². The van der Waals surface area contributed by atoms with Crippen LogP contribution in [0.25, 0.3) is 0 Å². The summed E-state index contributed by atoms with van der Waals surface area (Å²) in [4.78, 5) is 11.5. The largest absolute Gasteiger partial charge is 0.364 e. The van der Waals surface area contributed by atoms with E-state index in [4.69, 9.17) is 10.6 Å². The van der Waals surface area contributed by atoms with E-state index >= 15 is 0 Å². The predicted molar refractivity (Wildman–Crippen MR) is 57.8 cm³/mol. The number of carbonyl (C=O) groups excluding carboxylic acids is 1. The van der Waals surface area contributed by atoms with Crippen molar-refractivity contribution >= 4 is 5.91 Å².